The molecule has 0 spiro atoms. The molecule has 1 aromatic carbocycles. The summed E-state index contributed by atoms with van der Waals surface area (Å²) in [6.07, 6.45) is 0. The third-order valence-electron chi connectivity index (χ3n) is 2.49. The van der Waals surface area contributed by atoms with Gasteiger partial charge in [0.1, 0.15) is 6.04 Å². The van der Waals surface area contributed by atoms with Crippen LogP contribution >= 0.6 is 11.6 Å². The normalized spacial score (nSPS) is 14.1. The lowest BCUT2D eigenvalue weighted by Crippen LogP contribution is -2.48. The summed E-state index contributed by atoms with van der Waals surface area (Å²) in [4.78, 5) is 11.1. The monoisotopic (exact) mass is 305 g/mol. The van der Waals surface area contributed by atoms with Crippen molar-refractivity contribution in [1.29, 1.82) is 0 Å². The van der Waals surface area contributed by atoms with Gasteiger partial charge in [0.2, 0.25) is 10.0 Å². The van der Waals surface area contributed by atoms with Crippen LogP contribution in [0.3, 0.4) is 0 Å². The Labute approximate surface area is 117 Å². The molecule has 0 radical (unpaired) electrons. The number of nitrogens with one attached hydrogen (secondary N) is 1. The lowest BCUT2D eigenvalue weighted by atomic mass is 9.88. The van der Waals surface area contributed by atoms with Crippen LogP contribution in [0, 0.1) is 5.41 Å². The zero-order chi connectivity index (χ0) is 14.8. The van der Waals surface area contributed by atoms with Gasteiger partial charge in [0.05, 0.1) is 4.90 Å². The van der Waals surface area contributed by atoms with Crippen LogP contribution in [0.1, 0.15) is 20.8 Å². The average Bonchev–Trinajstić information content (AvgIpc) is 2.24. The number of carbonyl (C=O) groups is 1. The Kier molecular flexibility index (Phi) is 4.60. The molecule has 0 fully saturated rings. The molecule has 5 nitrogen and oxygen atoms in total. The van der Waals surface area contributed by atoms with Gasteiger partial charge >= 0.3 is 5.97 Å². The number of halogens is 1. The van der Waals surface area contributed by atoms with Crippen molar-refractivity contribution in [3.05, 3.63) is 29.3 Å². The zero-order valence-corrected chi connectivity index (χ0v) is 12.4. The quantitative estimate of drug-likeness (QED) is 0.892. The average molecular weight is 306 g/mol. The molecule has 0 unspecified atom stereocenters. The predicted octanol–water partition coefficient (Wildman–Crippen LogP) is 2.12. The maximum absolute atomic E-state index is 12.1. The second kappa shape index (κ2) is 5.48. The van der Waals surface area contributed by atoms with Gasteiger partial charge in [0, 0.05) is 5.02 Å². The van der Waals surface area contributed by atoms with Gasteiger partial charge in [-0.25, -0.2) is 8.42 Å². The van der Waals surface area contributed by atoms with Crippen molar-refractivity contribution < 1.29 is 18.3 Å². The van der Waals surface area contributed by atoms with E-state index in [0.29, 0.717) is 0 Å². The van der Waals surface area contributed by atoms with Crippen LogP contribution in [-0.4, -0.2) is 25.5 Å². The summed E-state index contributed by atoms with van der Waals surface area (Å²) in [6, 6.07) is 4.43. The number of sulfonamides is 1. The fourth-order valence-electron chi connectivity index (χ4n) is 1.45. The van der Waals surface area contributed by atoms with Crippen molar-refractivity contribution in [3.8, 4) is 0 Å². The van der Waals surface area contributed by atoms with E-state index in [2.05, 4.69) is 4.72 Å². The van der Waals surface area contributed by atoms with Gasteiger partial charge in [-0.05, 0) is 23.6 Å². The Morgan fingerprint density at radius 3 is 2.37 bits per heavy atom. The Bertz CT molecular complexity index is 578. The number of carboxylic acids is 1. The number of benzene rings is 1. The van der Waals surface area contributed by atoms with Gasteiger partial charge in [0.15, 0.2) is 0 Å². The summed E-state index contributed by atoms with van der Waals surface area (Å²) in [5.74, 6) is -1.22. The van der Waals surface area contributed by atoms with E-state index < -0.39 is 27.4 Å². The van der Waals surface area contributed by atoms with Gasteiger partial charge in [-0.15, -0.1) is 0 Å². The number of hydrogen-bond acceptors (Lipinski definition) is 3. The third-order valence-corrected chi connectivity index (χ3v) is 4.15. The molecule has 2 N–H and O–H groups in total. The van der Waals surface area contributed by atoms with Crippen molar-refractivity contribution in [2.24, 2.45) is 5.41 Å². The molecular formula is C12H16ClNO4S. The molecule has 0 heterocycles. The van der Waals surface area contributed by atoms with E-state index >= 15 is 0 Å². The fourth-order valence-corrected chi connectivity index (χ4v) is 3.15. The van der Waals surface area contributed by atoms with Gasteiger partial charge in [-0.2, -0.15) is 4.72 Å². The van der Waals surface area contributed by atoms with E-state index in [1.165, 1.54) is 18.2 Å². The van der Waals surface area contributed by atoms with Crippen LogP contribution in [0.15, 0.2) is 29.2 Å². The maximum atomic E-state index is 12.1. The highest BCUT2D eigenvalue weighted by Crippen LogP contribution is 2.22. The van der Waals surface area contributed by atoms with Crippen molar-refractivity contribution in [2.45, 2.75) is 31.7 Å². The van der Waals surface area contributed by atoms with Gasteiger partial charge in [0.25, 0.3) is 0 Å². The number of aliphatic carboxylic acids is 1. The molecule has 19 heavy (non-hydrogen) atoms. The molecular weight excluding hydrogens is 290 g/mol. The largest absolute Gasteiger partial charge is 0.480 e. The van der Waals surface area contributed by atoms with E-state index in [0.717, 1.165) is 0 Å². The molecule has 1 atom stereocenters. The molecule has 0 saturated carbocycles. The molecule has 0 bridgehead atoms. The second-order valence-corrected chi connectivity index (χ2v) is 7.37. The van der Waals surface area contributed by atoms with Crippen LogP contribution in [0.25, 0.3) is 0 Å². The lowest BCUT2D eigenvalue weighted by Gasteiger charge is -2.27. The summed E-state index contributed by atoms with van der Waals surface area (Å²) in [6.45, 7) is 4.94. The summed E-state index contributed by atoms with van der Waals surface area (Å²) < 4.78 is 26.4. The minimum absolute atomic E-state index is 0.0597. The smallest absolute Gasteiger partial charge is 0.322 e. The first-order valence-corrected chi connectivity index (χ1v) is 7.41. The third kappa shape index (κ3) is 4.19. The van der Waals surface area contributed by atoms with Crippen LogP contribution in [0.4, 0.5) is 0 Å². The maximum Gasteiger partial charge on any atom is 0.322 e. The minimum atomic E-state index is -3.93. The van der Waals surface area contributed by atoms with Crippen LogP contribution in [0.2, 0.25) is 5.02 Å². The van der Waals surface area contributed by atoms with Crippen molar-refractivity contribution in [1.82, 2.24) is 4.72 Å². The Morgan fingerprint density at radius 1 is 1.37 bits per heavy atom. The predicted molar refractivity (Wildman–Crippen MR) is 72.7 cm³/mol. The molecule has 0 saturated heterocycles. The highest BCUT2D eigenvalue weighted by Gasteiger charge is 2.35. The zero-order valence-electron chi connectivity index (χ0n) is 10.8. The van der Waals surface area contributed by atoms with Crippen molar-refractivity contribution in [2.75, 3.05) is 0 Å². The Hall–Kier alpha value is -1.11. The topological polar surface area (TPSA) is 83.5 Å². The molecule has 0 aliphatic rings. The molecule has 7 heteroatoms. The van der Waals surface area contributed by atoms with Crippen LogP contribution in [0.5, 0.6) is 0 Å². The lowest BCUT2D eigenvalue weighted by molar-refractivity contribution is -0.141. The molecule has 1 aromatic rings. The van der Waals surface area contributed by atoms with Crippen LogP contribution < -0.4 is 4.72 Å². The Morgan fingerprint density at radius 2 is 1.95 bits per heavy atom. The highest BCUT2D eigenvalue weighted by molar-refractivity contribution is 7.89. The molecule has 0 aliphatic carbocycles. The molecule has 0 aromatic heterocycles. The number of rotatable bonds is 4. The van der Waals surface area contributed by atoms with Crippen molar-refractivity contribution >= 4 is 27.6 Å². The molecule has 1 rings (SSSR count). The van der Waals surface area contributed by atoms with E-state index in [4.69, 9.17) is 16.7 Å². The van der Waals surface area contributed by atoms with Gasteiger partial charge < -0.3 is 5.11 Å². The Balaban J connectivity index is 3.12. The van der Waals surface area contributed by atoms with Crippen molar-refractivity contribution in [3.63, 3.8) is 0 Å². The number of hydrogen-bond donors (Lipinski definition) is 2. The molecule has 106 valence electrons. The minimum Gasteiger partial charge on any atom is -0.480 e. The summed E-state index contributed by atoms with van der Waals surface area (Å²) in [5.41, 5.74) is -0.753. The molecule has 0 amide bonds. The summed E-state index contributed by atoms with van der Waals surface area (Å²) >= 11 is 5.73. The van der Waals surface area contributed by atoms with E-state index in [9.17, 15) is 13.2 Å². The highest BCUT2D eigenvalue weighted by atomic mass is 35.5. The van der Waals surface area contributed by atoms with Gasteiger partial charge in [-0.3, -0.25) is 4.79 Å². The SMILES string of the molecule is CC(C)(C)[C@H](NS(=O)(=O)c1cccc(Cl)c1)C(=O)O. The van der Waals surface area contributed by atoms with E-state index in [1.807, 2.05) is 0 Å². The second-order valence-electron chi connectivity index (χ2n) is 5.22. The number of carboxylic acid groups (broad SMARTS) is 1. The summed E-state index contributed by atoms with van der Waals surface area (Å²) in [7, 11) is -3.93. The summed E-state index contributed by atoms with van der Waals surface area (Å²) in [5, 5.41) is 9.39. The van der Waals surface area contributed by atoms with Crippen LogP contribution in [-0.2, 0) is 14.8 Å². The van der Waals surface area contributed by atoms with E-state index in [1.54, 1.807) is 26.8 Å². The van der Waals surface area contributed by atoms with E-state index in [-0.39, 0.29) is 9.92 Å². The molecule has 0 aliphatic heterocycles. The standard InChI is InChI=1S/C12H16ClNO4S/c1-12(2,3)10(11(15)16)14-19(17,18)9-6-4-5-8(13)7-9/h4-7,10,14H,1-3H3,(H,15,16)/t10-/m1/s1. The first-order chi connectivity index (χ1) is 8.54. The first-order valence-electron chi connectivity index (χ1n) is 5.55. The fraction of sp³-hybridized carbons (Fsp3) is 0.417. The first kappa shape index (κ1) is 15.9. The van der Waals surface area contributed by atoms with Gasteiger partial charge in [-0.1, -0.05) is 38.4 Å².